The van der Waals surface area contributed by atoms with Gasteiger partial charge in [-0.1, -0.05) is 39.2 Å². The highest BCUT2D eigenvalue weighted by atomic mass is 16.5. The zero-order chi connectivity index (χ0) is 29.4. The molecule has 2 atom stereocenters. The lowest BCUT2D eigenvalue weighted by Crippen LogP contribution is -2.26. The summed E-state index contributed by atoms with van der Waals surface area (Å²) in [7, 11) is 1.90. The van der Waals surface area contributed by atoms with Crippen LogP contribution in [0.4, 0.5) is 11.5 Å². The Labute approximate surface area is 237 Å². The molecule has 8 nitrogen and oxygen atoms in total. The molecule has 2 heterocycles. The van der Waals surface area contributed by atoms with Crippen LogP contribution in [-0.4, -0.2) is 38.4 Å². The number of nitrogens with zero attached hydrogens (tertiary/aromatic N) is 4. The molecule has 0 bridgehead atoms. The summed E-state index contributed by atoms with van der Waals surface area (Å²) in [4.78, 5) is 28.4. The van der Waals surface area contributed by atoms with Crippen LogP contribution in [0.2, 0.25) is 0 Å². The maximum atomic E-state index is 13.4. The minimum atomic E-state index is -0.282. The molecule has 2 fully saturated rings. The van der Waals surface area contributed by atoms with Crippen LogP contribution in [-0.2, 0) is 16.6 Å². The molecule has 0 saturated heterocycles. The van der Waals surface area contributed by atoms with Crippen molar-refractivity contribution in [1.29, 1.82) is 0 Å². The summed E-state index contributed by atoms with van der Waals surface area (Å²) in [5.74, 6) is 7.39. The van der Waals surface area contributed by atoms with Crippen LogP contribution < -0.4 is 9.64 Å². The van der Waals surface area contributed by atoms with Gasteiger partial charge in [0.25, 0.3) is 12.4 Å². The van der Waals surface area contributed by atoms with E-state index in [1.54, 1.807) is 16.5 Å². The molecular formula is C32H42N4O4. The number of aryl methyl sites for hydroxylation is 3. The maximum Gasteiger partial charge on any atom is 0.308 e. The normalized spacial score (nSPS) is 17.8. The smallest absolute Gasteiger partial charge is 0.308 e. The highest BCUT2D eigenvalue weighted by Gasteiger charge is 2.38. The van der Waals surface area contributed by atoms with Crippen LogP contribution in [0.5, 0.6) is 5.88 Å². The van der Waals surface area contributed by atoms with Crippen LogP contribution in [0, 0.1) is 31.6 Å². The van der Waals surface area contributed by atoms with Gasteiger partial charge in [-0.3, -0.25) is 19.2 Å². The van der Waals surface area contributed by atoms with Gasteiger partial charge in [-0.15, -0.1) is 5.10 Å². The number of fused-ring (bicyclic) bond motifs is 1. The molecule has 40 heavy (non-hydrogen) atoms. The first-order chi connectivity index (χ1) is 19.3. The molecule has 5 rings (SSSR count). The van der Waals surface area contributed by atoms with E-state index in [0.717, 1.165) is 36.0 Å². The van der Waals surface area contributed by atoms with Crippen molar-refractivity contribution in [2.24, 2.45) is 13.0 Å². The first kappa shape index (κ1) is 30.7. The topological polar surface area (TPSA) is 97.6 Å². The summed E-state index contributed by atoms with van der Waals surface area (Å²) in [6.45, 7) is 11.9. The number of carboxylic acid groups (broad SMARTS) is 1. The van der Waals surface area contributed by atoms with E-state index >= 15 is 0 Å². The van der Waals surface area contributed by atoms with Crippen LogP contribution in [0.15, 0.2) is 24.3 Å². The molecule has 0 radical (unpaired) electrons. The number of carbonyl (C=O) groups is 2. The summed E-state index contributed by atoms with van der Waals surface area (Å²) >= 11 is 0. The Hall–Kier alpha value is -3.86. The van der Waals surface area contributed by atoms with Gasteiger partial charge < -0.3 is 9.84 Å². The minimum absolute atomic E-state index is 0.165. The Bertz CT molecular complexity index is 1400. The van der Waals surface area contributed by atoms with Crippen molar-refractivity contribution in [2.45, 2.75) is 92.1 Å². The van der Waals surface area contributed by atoms with E-state index in [1.807, 2.05) is 33.0 Å². The Morgan fingerprint density at radius 1 is 1.15 bits per heavy atom. The molecule has 1 amide bonds. The van der Waals surface area contributed by atoms with Crippen molar-refractivity contribution in [1.82, 2.24) is 14.8 Å². The number of anilines is 2. The second-order valence-electron chi connectivity index (χ2n) is 10.3. The lowest BCUT2D eigenvalue weighted by molar-refractivity contribution is -0.122. The second kappa shape index (κ2) is 14.0. The number of aromatic nitrogens is 3. The Morgan fingerprint density at radius 3 is 2.38 bits per heavy atom. The van der Waals surface area contributed by atoms with E-state index < -0.39 is 0 Å². The number of hydrogen-bond donors (Lipinski definition) is 1. The predicted octanol–water partition coefficient (Wildman–Crippen LogP) is 6.84. The molecule has 3 aromatic rings. The van der Waals surface area contributed by atoms with Gasteiger partial charge in [0.15, 0.2) is 5.52 Å². The fourth-order valence-electron chi connectivity index (χ4n) is 5.21. The van der Waals surface area contributed by atoms with Crippen molar-refractivity contribution in [2.75, 3.05) is 4.90 Å². The highest BCUT2D eigenvalue weighted by Crippen LogP contribution is 2.51. The summed E-state index contributed by atoms with van der Waals surface area (Å²) in [5, 5.41) is 11.5. The average molecular weight is 547 g/mol. The molecule has 2 aromatic heterocycles. The molecule has 0 aliphatic heterocycles. The van der Waals surface area contributed by atoms with Gasteiger partial charge in [0.05, 0.1) is 11.2 Å². The van der Waals surface area contributed by atoms with Crippen molar-refractivity contribution in [3.63, 3.8) is 0 Å². The zero-order valence-corrected chi connectivity index (χ0v) is 24.8. The average Bonchev–Trinajstić information content (AvgIpc) is 3.60. The highest BCUT2D eigenvalue weighted by molar-refractivity contribution is 6.11. The third-order valence-corrected chi connectivity index (χ3v) is 7.54. The van der Waals surface area contributed by atoms with Crippen LogP contribution >= 0.6 is 0 Å². The van der Waals surface area contributed by atoms with Gasteiger partial charge in [-0.2, -0.15) is 0 Å². The first-order valence-corrected chi connectivity index (χ1v) is 14.2. The Kier molecular flexibility index (Phi) is 10.7. The molecular weight excluding hydrogens is 504 g/mol. The number of ether oxygens (including phenoxy) is 1. The quantitative estimate of drug-likeness (QED) is 0.278. The van der Waals surface area contributed by atoms with E-state index in [1.165, 1.54) is 30.4 Å². The molecule has 1 N–H and O–H groups in total. The summed E-state index contributed by atoms with van der Waals surface area (Å²) < 4.78 is 8.13. The number of hydrogen-bond acceptors (Lipinski definition) is 5. The Balaban J connectivity index is 0.000000827. The number of rotatable bonds is 5. The third kappa shape index (κ3) is 6.82. The van der Waals surface area contributed by atoms with E-state index in [0.29, 0.717) is 29.1 Å². The summed E-state index contributed by atoms with van der Waals surface area (Å²) in [5.41, 5.74) is 6.01. The number of benzene rings is 1. The van der Waals surface area contributed by atoms with Crippen LogP contribution in [0.25, 0.3) is 11.0 Å². The molecule has 2 saturated carbocycles. The Morgan fingerprint density at radius 2 is 1.77 bits per heavy atom. The largest absolute Gasteiger partial charge is 0.483 e. The minimum Gasteiger partial charge on any atom is -0.483 e. The van der Waals surface area contributed by atoms with Gasteiger partial charge in [-0.25, -0.2) is 4.98 Å². The molecule has 1 aromatic carbocycles. The van der Waals surface area contributed by atoms with Gasteiger partial charge >= 0.3 is 5.91 Å². The van der Waals surface area contributed by atoms with Crippen molar-refractivity contribution < 1.29 is 19.4 Å². The van der Waals surface area contributed by atoms with Crippen molar-refractivity contribution in [3.8, 4) is 17.7 Å². The van der Waals surface area contributed by atoms with Crippen LogP contribution in [0.1, 0.15) is 88.8 Å². The predicted molar refractivity (Wildman–Crippen MR) is 159 cm³/mol. The number of amides is 1. The van der Waals surface area contributed by atoms with Gasteiger partial charge in [0.1, 0.15) is 11.9 Å². The number of carbonyl (C=O) groups excluding carboxylic acids is 1. The van der Waals surface area contributed by atoms with Gasteiger partial charge in [-0.05, 0) is 106 Å². The number of pyridine rings is 1. The van der Waals surface area contributed by atoms with Crippen LogP contribution in [0.3, 0.4) is 0 Å². The van der Waals surface area contributed by atoms with E-state index in [9.17, 15) is 4.79 Å². The second-order valence-corrected chi connectivity index (χ2v) is 10.3. The molecule has 2 aliphatic carbocycles. The summed E-state index contributed by atoms with van der Waals surface area (Å²) in [6, 6.07) is 8.20. The lowest BCUT2D eigenvalue weighted by atomic mass is 9.98. The van der Waals surface area contributed by atoms with E-state index in [-0.39, 0.29) is 18.5 Å². The van der Waals surface area contributed by atoms with Gasteiger partial charge in [0, 0.05) is 7.05 Å². The fraction of sp³-hybridized carbons (Fsp3) is 0.500. The summed E-state index contributed by atoms with van der Waals surface area (Å²) in [6.07, 6.45) is 7.01. The monoisotopic (exact) mass is 546 g/mol. The fourth-order valence-corrected chi connectivity index (χ4v) is 5.21. The van der Waals surface area contributed by atoms with E-state index in [2.05, 4.69) is 49.8 Å². The van der Waals surface area contributed by atoms with Crippen molar-refractivity contribution >= 4 is 34.9 Å². The third-order valence-electron chi connectivity index (χ3n) is 7.54. The van der Waals surface area contributed by atoms with Crippen molar-refractivity contribution in [3.05, 3.63) is 41.0 Å². The molecule has 8 heteroatoms. The zero-order valence-electron chi connectivity index (χ0n) is 24.8. The molecule has 2 aliphatic rings. The van der Waals surface area contributed by atoms with Gasteiger partial charge in [0.2, 0.25) is 0 Å². The first-order valence-electron chi connectivity index (χ1n) is 14.2. The van der Waals surface area contributed by atoms with E-state index in [4.69, 9.17) is 19.6 Å². The molecule has 214 valence electrons. The molecule has 0 spiro atoms. The maximum absolute atomic E-state index is 13.4. The standard InChI is InChI=1S/C29H34N4O2.C2H6.CH2O2/c1-6-10-27(34)33(25-17-19(3)18(2)15-23(25)22-16-20(22)4)26-14-13-24-28(30-26)29(31-32(24)5)35-21-11-8-7-9-12-21;1-2;2-1-3/h13-15,17,20-22H,7-9,11-12,16H2,1-5H3;1-2H3;1H,(H,2,3). The SMILES string of the molecule is CC.CC#CC(=O)N(c1ccc2c(n1)c(OC1CCCCC1)nn2C)c1cc(C)c(C)cc1C1CC1C.O=CO. The molecule has 2 unspecified atom stereocenters. The lowest BCUT2D eigenvalue weighted by Gasteiger charge is -2.24.